The minimum Gasteiger partial charge on any atom is -0.310 e. The summed E-state index contributed by atoms with van der Waals surface area (Å²) in [5, 5.41) is 2.46. The molecule has 0 radical (unpaired) electrons. The number of hydrogen-bond donors (Lipinski definition) is 0. The maximum absolute atomic E-state index is 4.49. The lowest BCUT2D eigenvalue weighted by atomic mass is 9.67. The zero-order chi connectivity index (χ0) is 61.7. The molecule has 0 amide bonds. The van der Waals surface area contributed by atoms with Gasteiger partial charge in [-0.05, 0) is 163 Å². The Balaban J connectivity index is 0.871. The summed E-state index contributed by atoms with van der Waals surface area (Å²) in [7, 11) is 0. The van der Waals surface area contributed by atoms with E-state index in [2.05, 4.69) is 335 Å². The van der Waals surface area contributed by atoms with Crippen LogP contribution in [0.15, 0.2) is 352 Å². The van der Waals surface area contributed by atoms with Crippen molar-refractivity contribution in [2.75, 3.05) is 9.80 Å². The summed E-state index contributed by atoms with van der Waals surface area (Å²) in [5.74, 6) is 0. The Hall–Kier alpha value is -11.5. The van der Waals surface area contributed by atoms with Gasteiger partial charge in [0.1, 0.15) is 0 Å². The highest BCUT2D eigenvalue weighted by molar-refractivity contribution is 7.23. The van der Waals surface area contributed by atoms with E-state index in [4.69, 9.17) is 0 Å². The molecule has 93 heavy (non-hydrogen) atoms. The van der Waals surface area contributed by atoms with Gasteiger partial charge in [-0.15, -0.1) is 22.7 Å². The number of anilines is 6. The molecule has 4 nitrogen and oxygen atoms in total. The van der Waals surface area contributed by atoms with Crippen LogP contribution in [0.3, 0.4) is 0 Å². The third-order valence-electron chi connectivity index (χ3n) is 18.3. The van der Waals surface area contributed by atoms with E-state index in [1.54, 1.807) is 0 Å². The zero-order valence-corrected chi connectivity index (χ0v) is 52.2. The maximum Gasteiger partial charge on any atom is 0.0715 e. The van der Waals surface area contributed by atoms with Gasteiger partial charge in [0.15, 0.2) is 0 Å². The molecule has 1 aliphatic carbocycles. The number of nitrogens with zero attached hydrogens (tertiary/aromatic N) is 4. The Labute approximate surface area is 549 Å². The molecule has 17 rings (SSSR count). The van der Waals surface area contributed by atoms with Gasteiger partial charge < -0.3 is 9.80 Å². The van der Waals surface area contributed by atoms with Crippen LogP contribution in [-0.2, 0) is 5.41 Å². The van der Waals surface area contributed by atoms with Crippen molar-refractivity contribution >= 4 is 77.0 Å². The largest absolute Gasteiger partial charge is 0.310 e. The van der Waals surface area contributed by atoms with Crippen molar-refractivity contribution in [3.63, 3.8) is 0 Å². The first-order valence-electron chi connectivity index (χ1n) is 31.5. The molecular formula is C87H58N4S2. The molecule has 4 heterocycles. The van der Waals surface area contributed by atoms with Gasteiger partial charge in [-0.2, -0.15) is 0 Å². The number of pyridine rings is 2. The Kier molecular flexibility index (Phi) is 14.1. The summed E-state index contributed by atoms with van der Waals surface area (Å²) in [6.45, 7) is 0. The molecule has 4 aromatic heterocycles. The molecule has 0 atom stereocenters. The quantitative estimate of drug-likeness (QED) is 0.109. The maximum atomic E-state index is 4.49. The molecule has 0 bridgehead atoms. The van der Waals surface area contributed by atoms with Crippen LogP contribution in [0, 0.1) is 0 Å². The van der Waals surface area contributed by atoms with E-state index >= 15 is 0 Å². The van der Waals surface area contributed by atoms with Gasteiger partial charge in [0, 0.05) is 100.0 Å². The van der Waals surface area contributed by atoms with Gasteiger partial charge in [-0.1, -0.05) is 243 Å². The molecule has 438 valence electrons. The van der Waals surface area contributed by atoms with E-state index in [0.29, 0.717) is 0 Å². The second-order valence-corrected chi connectivity index (χ2v) is 25.7. The fourth-order valence-electron chi connectivity index (χ4n) is 14.1. The van der Waals surface area contributed by atoms with Crippen LogP contribution in [0.1, 0.15) is 22.3 Å². The summed E-state index contributed by atoms with van der Waals surface area (Å²) >= 11 is 3.72. The Bertz CT molecular complexity index is 5000. The highest BCUT2D eigenvalue weighted by Crippen LogP contribution is 2.59. The molecule has 0 fully saturated rings. The number of rotatable bonds is 14. The second kappa shape index (κ2) is 23.7. The van der Waals surface area contributed by atoms with Gasteiger partial charge in [-0.3, -0.25) is 9.97 Å². The molecule has 6 heteroatoms. The molecule has 1 aliphatic rings. The molecule has 16 aromatic rings. The minimum absolute atomic E-state index is 0.759. The predicted octanol–water partition coefficient (Wildman–Crippen LogP) is 24.2. The van der Waals surface area contributed by atoms with Crippen molar-refractivity contribution in [2.24, 2.45) is 0 Å². The van der Waals surface area contributed by atoms with Gasteiger partial charge in [-0.25, -0.2) is 0 Å². The number of hydrogen-bond acceptors (Lipinski definition) is 6. The average Bonchev–Trinajstić information content (AvgIpc) is 1.54. The van der Waals surface area contributed by atoms with E-state index in [1.807, 2.05) is 59.6 Å². The fourth-order valence-corrected chi connectivity index (χ4v) is 16.7. The van der Waals surface area contributed by atoms with E-state index in [0.717, 1.165) is 56.4 Å². The highest BCUT2D eigenvalue weighted by atomic mass is 32.1. The van der Waals surface area contributed by atoms with Gasteiger partial charge in [0.25, 0.3) is 0 Å². The average molecular weight is 1220 g/mol. The van der Waals surface area contributed by atoms with Gasteiger partial charge in [0.05, 0.1) is 5.41 Å². The summed E-state index contributed by atoms with van der Waals surface area (Å²) < 4.78 is 2.43. The summed E-state index contributed by atoms with van der Waals surface area (Å²) in [5.41, 5.74) is 24.5. The number of benzene rings is 12. The number of aromatic nitrogens is 2. The monoisotopic (exact) mass is 1220 g/mol. The number of thiophene rings is 2. The van der Waals surface area contributed by atoms with Gasteiger partial charge in [0.2, 0.25) is 0 Å². The smallest absolute Gasteiger partial charge is 0.0715 e. The summed E-state index contributed by atoms with van der Waals surface area (Å²) in [6, 6.07) is 121. The molecular weight excluding hydrogens is 1170 g/mol. The Morgan fingerprint density at radius 1 is 0.258 bits per heavy atom. The molecule has 0 saturated heterocycles. The molecule has 12 aromatic carbocycles. The van der Waals surface area contributed by atoms with Crippen LogP contribution < -0.4 is 9.80 Å². The first-order valence-corrected chi connectivity index (χ1v) is 33.1. The van der Waals surface area contributed by atoms with Crippen molar-refractivity contribution in [1.82, 2.24) is 9.97 Å². The van der Waals surface area contributed by atoms with Crippen LogP contribution in [0.25, 0.3) is 96.7 Å². The molecule has 0 spiro atoms. The van der Waals surface area contributed by atoms with E-state index in [1.165, 1.54) is 96.7 Å². The SMILES string of the molecule is c1ccc(-c2sc3cc(N(c4ccc(-c5cccnc5)cc4)c4ccc5c(c4)C(c4ccccc4)(c4ccccc4)c4cc(N(c6ccc(-c7cccnc7)cc6)c6ccc7c(-c8ccccc8)c(-c8ccccc8)sc7c6)ccc4-5)ccc3c2-c2ccccc2)cc1. The van der Waals surface area contributed by atoms with E-state index < -0.39 is 5.41 Å². The van der Waals surface area contributed by atoms with Crippen molar-refractivity contribution in [1.29, 1.82) is 0 Å². The lowest BCUT2D eigenvalue weighted by Crippen LogP contribution is -2.29. The Morgan fingerprint density at radius 2 is 0.581 bits per heavy atom. The second-order valence-electron chi connectivity index (χ2n) is 23.6. The zero-order valence-electron chi connectivity index (χ0n) is 50.6. The number of fused-ring (bicyclic) bond motifs is 5. The van der Waals surface area contributed by atoms with Crippen LogP contribution >= 0.6 is 22.7 Å². The van der Waals surface area contributed by atoms with Gasteiger partial charge >= 0.3 is 0 Å². The summed E-state index contributed by atoms with van der Waals surface area (Å²) in [4.78, 5) is 16.4. The summed E-state index contributed by atoms with van der Waals surface area (Å²) in [6.07, 6.45) is 7.54. The topological polar surface area (TPSA) is 32.3 Å². The third kappa shape index (κ3) is 9.83. The molecule has 0 N–H and O–H groups in total. The highest BCUT2D eigenvalue weighted by Gasteiger charge is 2.47. The van der Waals surface area contributed by atoms with Crippen LogP contribution in [0.5, 0.6) is 0 Å². The third-order valence-corrected chi connectivity index (χ3v) is 20.7. The van der Waals surface area contributed by atoms with Crippen LogP contribution in [-0.4, -0.2) is 9.97 Å². The molecule has 0 aliphatic heterocycles. The van der Waals surface area contributed by atoms with Crippen LogP contribution in [0.4, 0.5) is 34.1 Å². The van der Waals surface area contributed by atoms with Crippen molar-refractivity contribution in [3.8, 4) is 76.5 Å². The molecule has 0 saturated carbocycles. The first kappa shape index (κ1) is 55.5. The van der Waals surface area contributed by atoms with Crippen molar-refractivity contribution in [2.45, 2.75) is 5.41 Å². The first-order chi connectivity index (χ1) is 46.1. The van der Waals surface area contributed by atoms with E-state index in [9.17, 15) is 0 Å². The fraction of sp³-hybridized carbons (Fsp3) is 0.0115. The Morgan fingerprint density at radius 3 is 0.946 bits per heavy atom. The standard InChI is InChI=1S/C87H58N4S2/c1-7-21-61(22-8-1)83-77-49-45-73(55-81(77)92-85(83)63-25-11-3-12-26-63)90(69-39-35-59(36-40-69)65-29-19-51-88-57-65)71-43-47-75-76-48-44-72(54-80(76)87(79(75)53-71,67-31-15-5-16-32-67)68-33-17-6-18-34-68)91(70-41-37-60(38-42-70)66-30-20-52-89-58-66)74-46-50-78-82(56-74)93-86(64-27-13-4-14-28-64)84(78)62-23-9-2-10-24-62/h1-58H. The predicted molar refractivity (Wildman–Crippen MR) is 392 cm³/mol. The lowest BCUT2D eigenvalue weighted by Gasteiger charge is -2.35. The lowest BCUT2D eigenvalue weighted by molar-refractivity contribution is 0.768. The normalized spacial score (nSPS) is 12.2. The minimum atomic E-state index is -0.759. The van der Waals surface area contributed by atoms with Crippen molar-refractivity contribution < 1.29 is 0 Å². The van der Waals surface area contributed by atoms with Crippen LogP contribution in [0.2, 0.25) is 0 Å². The molecule has 0 unspecified atom stereocenters. The van der Waals surface area contributed by atoms with Crippen molar-refractivity contribution in [3.05, 3.63) is 375 Å². The van der Waals surface area contributed by atoms with E-state index in [-0.39, 0.29) is 0 Å².